The minimum Gasteiger partial charge on any atom is -0.467 e. The molecule has 0 bridgehead atoms. The van der Waals surface area contributed by atoms with Gasteiger partial charge in [-0.2, -0.15) is 15.0 Å². The number of nitrogens with one attached hydrogen (secondary N) is 1. The maximum absolute atomic E-state index is 5.62. The van der Waals surface area contributed by atoms with Gasteiger partial charge in [-0.3, -0.25) is 0 Å². The van der Waals surface area contributed by atoms with E-state index in [0.717, 1.165) is 39.1 Å². The van der Waals surface area contributed by atoms with Crippen LogP contribution in [0.4, 0.5) is 11.9 Å². The summed E-state index contributed by atoms with van der Waals surface area (Å²) in [6.07, 6.45) is 7.41. The summed E-state index contributed by atoms with van der Waals surface area (Å²) in [4.78, 5) is 15.5. The number of nitrogens with zero attached hydrogens (tertiary/aromatic N) is 4. The Morgan fingerprint density at radius 2 is 1.95 bits per heavy atom. The van der Waals surface area contributed by atoms with Gasteiger partial charge in [-0.05, 0) is 25.7 Å². The maximum Gasteiger partial charge on any atom is 0.322 e. The Morgan fingerprint density at radius 1 is 1.14 bits per heavy atom. The van der Waals surface area contributed by atoms with Gasteiger partial charge in [0.15, 0.2) is 0 Å². The first-order valence-electron chi connectivity index (χ1n) is 8.25. The van der Waals surface area contributed by atoms with E-state index in [1.807, 2.05) is 0 Å². The highest BCUT2D eigenvalue weighted by Crippen LogP contribution is 2.19. The first-order valence-corrected chi connectivity index (χ1v) is 8.25. The van der Waals surface area contributed by atoms with Crippen molar-refractivity contribution >= 4 is 11.9 Å². The van der Waals surface area contributed by atoms with E-state index in [4.69, 9.17) is 9.47 Å². The van der Waals surface area contributed by atoms with Crippen molar-refractivity contribution in [2.75, 3.05) is 43.6 Å². The van der Waals surface area contributed by atoms with Gasteiger partial charge in [0, 0.05) is 26.2 Å². The van der Waals surface area contributed by atoms with Crippen molar-refractivity contribution in [2.45, 2.75) is 44.6 Å². The molecule has 0 aromatic carbocycles. The van der Waals surface area contributed by atoms with E-state index in [1.165, 1.54) is 25.7 Å². The van der Waals surface area contributed by atoms with Crippen molar-refractivity contribution in [1.29, 1.82) is 0 Å². The van der Waals surface area contributed by atoms with Crippen LogP contribution in [-0.4, -0.2) is 54.4 Å². The number of rotatable bonds is 5. The highest BCUT2D eigenvalue weighted by atomic mass is 16.5. The van der Waals surface area contributed by atoms with Crippen LogP contribution >= 0.6 is 0 Å². The summed E-state index contributed by atoms with van der Waals surface area (Å²) in [5.41, 5.74) is 0. The zero-order valence-corrected chi connectivity index (χ0v) is 13.3. The first kappa shape index (κ1) is 15.3. The Hall–Kier alpha value is -1.63. The SMILES string of the molecule is COc1nc(NCC2CCCO2)nc(N2CCCCCC2)n1. The van der Waals surface area contributed by atoms with Crippen LogP contribution in [0.5, 0.6) is 6.01 Å². The Morgan fingerprint density at radius 3 is 2.64 bits per heavy atom. The van der Waals surface area contributed by atoms with Crippen molar-refractivity contribution < 1.29 is 9.47 Å². The largest absolute Gasteiger partial charge is 0.467 e. The highest BCUT2D eigenvalue weighted by Gasteiger charge is 2.18. The van der Waals surface area contributed by atoms with E-state index in [0.29, 0.717) is 17.9 Å². The number of methoxy groups -OCH3 is 1. The highest BCUT2D eigenvalue weighted by molar-refractivity contribution is 5.38. The summed E-state index contributed by atoms with van der Waals surface area (Å²) in [6, 6.07) is 0.365. The second kappa shape index (κ2) is 7.58. The van der Waals surface area contributed by atoms with Gasteiger partial charge in [0.2, 0.25) is 11.9 Å². The fourth-order valence-electron chi connectivity index (χ4n) is 2.94. The Balaban J connectivity index is 1.70. The molecule has 0 aliphatic carbocycles. The van der Waals surface area contributed by atoms with E-state index in [9.17, 15) is 0 Å². The third-order valence-electron chi connectivity index (χ3n) is 4.19. The molecule has 2 aliphatic rings. The van der Waals surface area contributed by atoms with Gasteiger partial charge in [0.1, 0.15) is 0 Å². The standard InChI is InChI=1S/C15H25N5O2/c1-21-15-18-13(16-11-12-7-6-10-22-12)17-14(19-15)20-8-4-2-3-5-9-20/h12H,2-11H2,1H3,(H,16,17,18,19). The molecule has 2 aliphatic heterocycles. The van der Waals surface area contributed by atoms with Crippen LogP contribution in [0, 0.1) is 0 Å². The monoisotopic (exact) mass is 307 g/mol. The minimum absolute atomic E-state index is 0.254. The smallest absolute Gasteiger partial charge is 0.322 e. The molecule has 3 rings (SSSR count). The van der Waals surface area contributed by atoms with Crippen molar-refractivity contribution in [3.05, 3.63) is 0 Å². The topological polar surface area (TPSA) is 72.4 Å². The lowest BCUT2D eigenvalue weighted by atomic mass is 10.2. The van der Waals surface area contributed by atoms with E-state index in [1.54, 1.807) is 7.11 Å². The zero-order valence-electron chi connectivity index (χ0n) is 13.3. The molecule has 7 nitrogen and oxygen atoms in total. The predicted octanol–water partition coefficient (Wildman–Crippen LogP) is 1.85. The summed E-state index contributed by atoms with van der Waals surface area (Å²) in [7, 11) is 1.59. The molecule has 7 heteroatoms. The van der Waals surface area contributed by atoms with Crippen molar-refractivity contribution in [2.24, 2.45) is 0 Å². The molecule has 0 amide bonds. The predicted molar refractivity (Wildman–Crippen MR) is 84.5 cm³/mol. The van der Waals surface area contributed by atoms with Gasteiger partial charge in [-0.15, -0.1) is 0 Å². The molecule has 0 saturated carbocycles. The number of hydrogen-bond donors (Lipinski definition) is 1. The average molecular weight is 307 g/mol. The molecular formula is C15H25N5O2. The Labute approximate surface area is 131 Å². The zero-order chi connectivity index (χ0) is 15.2. The molecule has 22 heavy (non-hydrogen) atoms. The van der Waals surface area contributed by atoms with Crippen LogP contribution in [0.25, 0.3) is 0 Å². The van der Waals surface area contributed by atoms with Crippen molar-refractivity contribution in [3.8, 4) is 6.01 Å². The number of ether oxygens (including phenoxy) is 2. The van der Waals surface area contributed by atoms with Crippen LogP contribution < -0.4 is 15.0 Å². The van der Waals surface area contributed by atoms with Gasteiger partial charge >= 0.3 is 6.01 Å². The van der Waals surface area contributed by atoms with Crippen molar-refractivity contribution in [1.82, 2.24) is 15.0 Å². The molecule has 0 radical (unpaired) electrons. The molecule has 122 valence electrons. The number of aromatic nitrogens is 3. The van der Waals surface area contributed by atoms with Gasteiger partial charge in [0.05, 0.1) is 13.2 Å². The van der Waals surface area contributed by atoms with Crippen LogP contribution in [-0.2, 0) is 4.74 Å². The molecule has 3 heterocycles. The molecule has 0 spiro atoms. The summed E-state index contributed by atoms with van der Waals surface area (Å²) in [5.74, 6) is 1.28. The van der Waals surface area contributed by atoms with E-state index in [-0.39, 0.29) is 6.10 Å². The van der Waals surface area contributed by atoms with Gasteiger partial charge < -0.3 is 19.7 Å². The lowest BCUT2D eigenvalue weighted by molar-refractivity contribution is 0.120. The quantitative estimate of drug-likeness (QED) is 0.890. The van der Waals surface area contributed by atoms with E-state index >= 15 is 0 Å². The third kappa shape index (κ3) is 3.97. The molecule has 2 saturated heterocycles. The number of hydrogen-bond acceptors (Lipinski definition) is 7. The van der Waals surface area contributed by atoms with Crippen molar-refractivity contribution in [3.63, 3.8) is 0 Å². The van der Waals surface area contributed by atoms with Gasteiger partial charge in [-0.1, -0.05) is 12.8 Å². The maximum atomic E-state index is 5.62. The van der Waals surface area contributed by atoms with Crippen LogP contribution in [0.15, 0.2) is 0 Å². The molecule has 1 unspecified atom stereocenters. The van der Waals surface area contributed by atoms with E-state index in [2.05, 4.69) is 25.2 Å². The van der Waals surface area contributed by atoms with Crippen LogP contribution in [0.3, 0.4) is 0 Å². The molecule has 1 atom stereocenters. The second-order valence-corrected chi connectivity index (χ2v) is 5.86. The fourth-order valence-corrected chi connectivity index (χ4v) is 2.94. The van der Waals surface area contributed by atoms with Gasteiger partial charge in [0.25, 0.3) is 0 Å². The lowest BCUT2D eigenvalue weighted by Crippen LogP contribution is -2.27. The molecule has 1 N–H and O–H groups in total. The molecule has 2 fully saturated rings. The molecule has 1 aromatic rings. The average Bonchev–Trinajstić information content (AvgIpc) is 2.93. The normalized spacial score (nSPS) is 22.4. The second-order valence-electron chi connectivity index (χ2n) is 5.86. The van der Waals surface area contributed by atoms with Crippen LogP contribution in [0.1, 0.15) is 38.5 Å². The minimum atomic E-state index is 0.254. The lowest BCUT2D eigenvalue weighted by Gasteiger charge is -2.21. The molecule has 1 aromatic heterocycles. The van der Waals surface area contributed by atoms with E-state index < -0.39 is 0 Å². The molecular weight excluding hydrogens is 282 g/mol. The van der Waals surface area contributed by atoms with Crippen LogP contribution in [0.2, 0.25) is 0 Å². The Bertz CT molecular complexity index is 471. The fraction of sp³-hybridized carbons (Fsp3) is 0.800. The summed E-state index contributed by atoms with van der Waals surface area (Å²) >= 11 is 0. The number of anilines is 2. The third-order valence-corrected chi connectivity index (χ3v) is 4.19. The summed E-state index contributed by atoms with van der Waals surface area (Å²) in [5, 5.41) is 3.26. The summed E-state index contributed by atoms with van der Waals surface area (Å²) in [6.45, 7) is 3.58. The van der Waals surface area contributed by atoms with Gasteiger partial charge in [-0.25, -0.2) is 0 Å². The summed E-state index contributed by atoms with van der Waals surface area (Å²) < 4.78 is 10.8. The Kier molecular flexibility index (Phi) is 5.26. The first-order chi connectivity index (χ1) is 10.8.